The summed E-state index contributed by atoms with van der Waals surface area (Å²) in [6.45, 7) is 0. The number of hydrogen-bond donors (Lipinski definition) is 1. The first-order chi connectivity index (χ1) is 26.8. The molecule has 8 aromatic carbocycles. The highest BCUT2D eigenvalue weighted by atomic mass is 15.3. The van der Waals surface area contributed by atoms with Gasteiger partial charge in [0.2, 0.25) is 18.0 Å². The van der Waals surface area contributed by atoms with E-state index in [0.29, 0.717) is 5.96 Å². The number of fused-ring (bicyclic) bond motifs is 8. The predicted octanol–water partition coefficient (Wildman–Crippen LogP) is 10.6. The third-order valence-electron chi connectivity index (χ3n) is 10.9. The number of quaternary nitrogens is 1. The zero-order chi connectivity index (χ0) is 35.6. The molecule has 254 valence electrons. The molecule has 2 N–H and O–H groups in total. The molecule has 10 aromatic rings. The van der Waals surface area contributed by atoms with Gasteiger partial charge in [-0.15, -0.1) is 0 Å². The second-order valence-electron chi connectivity index (χ2n) is 14.0. The zero-order valence-corrected chi connectivity index (χ0v) is 29.3. The highest BCUT2D eigenvalue weighted by Crippen LogP contribution is 2.39. The van der Waals surface area contributed by atoms with Crippen LogP contribution in [0.3, 0.4) is 0 Å². The number of amidine groups is 1. The summed E-state index contributed by atoms with van der Waals surface area (Å²) in [6, 6.07) is 67.2. The Balaban J connectivity index is 1.17. The van der Waals surface area contributed by atoms with E-state index in [0.717, 1.165) is 44.8 Å². The van der Waals surface area contributed by atoms with Crippen molar-refractivity contribution in [3.63, 3.8) is 0 Å². The van der Waals surface area contributed by atoms with E-state index in [1.807, 2.05) is 6.07 Å². The molecule has 11 rings (SSSR count). The quantitative estimate of drug-likeness (QED) is 0.191. The van der Waals surface area contributed by atoms with Crippen LogP contribution in [0.25, 0.3) is 71.2 Å². The fourth-order valence-corrected chi connectivity index (χ4v) is 8.36. The fourth-order valence-electron chi connectivity index (χ4n) is 8.36. The number of rotatable bonds is 4. The smallest absolute Gasteiger partial charge is 0.240 e. The van der Waals surface area contributed by atoms with Crippen LogP contribution in [0, 0.1) is 0 Å². The van der Waals surface area contributed by atoms with Crippen LogP contribution in [0.5, 0.6) is 0 Å². The van der Waals surface area contributed by atoms with Gasteiger partial charge in [0.25, 0.3) is 0 Å². The van der Waals surface area contributed by atoms with Crippen LogP contribution in [0.15, 0.2) is 198 Å². The molecule has 1 aliphatic rings. The van der Waals surface area contributed by atoms with Gasteiger partial charge in [-0.3, -0.25) is 9.88 Å². The third kappa shape index (κ3) is 4.83. The lowest BCUT2D eigenvalue weighted by Crippen LogP contribution is -2.90. The number of benzene rings is 8. The second-order valence-corrected chi connectivity index (χ2v) is 14.0. The molecule has 0 saturated heterocycles. The van der Waals surface area contributed by atoms with Crippen molar-refractivity contribution in [1.82, 2.24) is 9.13 Å². The van der Waals surface area contributed by atoms with Gasteiger partial charge in [-0.1, -0.05) is 140 Å². The molecular formula is C49H34N5+. The minimum absolute atomic E-state index is 0.191. The maximum Gasteiger partial charge on any atom is 0.240 e. The Kier molecular flexibility index (Phi) is 6.94. The van der Waals surface area contributed by atoms with Crippen molar-refractivity contribution in [1.29, 1.82) is 0 Å². The van der Waals surface area contributed by atoms with Gasteiger partial charge in [0.15, 0.2) is 0 Å². The second kappa shape index (κ2) is 12.3. The molecule has 1 atom stereocenters. The molecule has 0 bridgehead atoms. The Morgan fingerprint density at radius 3 is 1.89 bits per heavy atom. The lowest BCUT2D eigenvalue weighted by Gasteiger charge is -2.20. The van der Waals surface area contributed by atoms with Gasteiger partial charge >= 0.3 is 0 Å². The SMILES string of the molecule is c1ccc(C2=NC(n3c4cc(-c5ccc6c(c5)c5ccccc5n6-c5ccccc5)ccc4c4ccc5ccccc5c43)=NC(c3ccccc3)[NH2+]2)cc1. The summed E-state index contributed by atoms with van der Waals surface area (Å²) in [5.74, 6) is 1.60. The molecule has 5 heteroatoms. The van der Waals surface area contributed by atoms with E-state index >= 15 is 0 Å². The molecule has 54 heavy (non-hydrogen) atoms. The standard InChI is InChI=1S/C49H33N5/c1-4-15-33(16-5-1)47-50-48(34-17-6-2-7-18-34)52-49(51-47)54-45-31-36(25-27-40(45)41-28-24-32-14-10-11-21-38(32)46(41)54)35-26-29-44-42(30-35)39-22-12-13-23-43(39)53(44)37-19-8-3-9-20-37/h1-31,47H,(H,50,51,52)/p+1. The van der Waals surface area contributed by atoms with Crippen LogP contribution >= 0.6 is 0 Å². The Morgan fingerprint density at radius 1 is 0.426 bits per heavy atom. The number of hydrogen-bond acceptors (Lipinski definition) is 2. The summed E-state index contributed by atoms with van der Waals surface area (Å²) in [7, 11) is 0. The molecule has 0 saturated carbocycles. The van der Waals surface area contributed by atoms with Crippen LogP contribution in [0.1, 0.15) is 17.3 Å². The Hall–Kier alpha value is -7.08. The molecule has 3 heterocycles. The van der Waals surface area contributed by atoms with Crippen molar-refractivity contribution in [2.24, 2.45) is 9.98 Å². The van der Waals surface area contributed by atoms with Gasteiger partial charge in [0.1, 0.15) is 0 Å². The minimum Gasteiger partial charge on any atom is -0.309 e. The summed E-state index contributed by atoms with van der Waals surface area (Å²) in [6.07, 6.45) is -0.191. The van der Waals surface area contributed by atoms with E-state index < -0.39 is 0 Å². The summed E-state index contributed by atoms with van der Waals surface area (Å²) in [5.41, 5.74) is 10.2. The van der Waals surface area contributed by atoms with E-state index in [9.17, 15) is 0 Å². The first-order valence-corrected chi connectivity index (χ1v) is 18.5. The lowest BCUT2D eigenvalue weighted by atomic mass is 10.0. The van der Waals surface area contributed by atoms with Crippen molar-refractivity contribution in [2.45, 2.75) is 6.17 Å². The lowest BCUT2D eigenvalue weighted by molar-refractivity contribution is -0.586. The van der Waals surface area contributed by atoms with Crippen LogP contribution in [-0.4, -0.2) is 20.9 Å². The molecule has 1 aliphatic heterocycles. The van der Waals surface area contributed by atoms with Crippen LogP contribution in [0.4, 0.5) is 0 Å². The molecule has 1 unspecified atom stereocenters. The molecule has 0 radical (unpaired) electrons. The molecule has 2 aromatic heterocycles. The average Bonchev–Trinajstić information content (AvgIpc) is 3.77. The Labute approximate surface area is 311 Å². The van der Waals surface area contributed by atoms with Gasteiger partial charge in [-0.2, -0.15) is 9.98 Å². The fraction of sp³-hybridized carbons (Fsp3) is 0.0204. The van der Waals surface area contributed by atoms with Crippen molar-refractivity contribution >= 4 is 66.2 Å². The van der Waals surface area contributed by atoms with E-state index in [2.05, 4.69) is 196 Å². The minimum atomic E-state index is -0.191. The summed E-state index contributed by atoms with van der Waals surface area (Å²) in [5, 5.41) is 9.37. The van der Waals surface area contributed by atoms with Crippen molar-refractivity contribution in [3.8, 4) is 16.8 Å². The molecule has 0 aliphatic carbocycles. The predicted molar refractivity (Wildman–Crippen MR) is 224 cm³/mol. The van der Waals surface area contributed by atoms with Gasteiger partial charge in [-0.25, -0.2) is 0 Å². The van der Waals surface area contributed by atoms with Crippen LogP contribution in [0.2, 0.25) is 0 Å². The number of aliphatic imine (C=N–C) groups is 2. The van der Waals surface area contributed by atoms with Crippen LogP contribution < -0.4 is 5.32 Å². The van der Waals surface area contributed by atoms with Gasteiger partial charge in [-0.05, 0) is 65.0 Å². The first kappa shape index (κ1) is 30.5. The Bertz CT molecular complexity index is 3120. The normalized spacial score (nSPS) is 14.6. The van der Waals surface area contributed by atoms with E-state index in [1.165, 1.54) is 43.4 Å². The van der Waals surface area contributed by atoms with Crippen molar-refractivity contribution in [2.75, 3.05) is 0 Å². The Morgan fingerprint density at radius 2 is 1.06 bits per heavy atom. The topological polar surface area (TPSA) is 51.2 Å². The molecule has 0 amide bonds. The summed E-state index contributed by atoms with van der Waals surface area (Å²) < 4.78 is 4.67. The van der Waals surface area contributed by atoms with E-state index in [4.69, 9.17) is 9.98 Å². The van der Waals surface area contributed by atoms with Crippen molar-refractivity contribution in [3.05, 3.63) is 199 Å². The third-order valence-corrected chi connectivity index (χ3v) is 10.9. The number of nitrogens with zero attached hydrogens (tertiary/aromatic N) is 4. The van der Waals surface area contributed by atoms with Crippen LogP contribution in [-0.2, 0) is 0 Å². The average molecular weight is 693 g/mol. The molecule has 0 spiro atoms. The maximum atomic E-state index is 5.42. The molecule has 0 fully saturated rings. The highest BCUT2D eigenvalue weighted by Gasteiger charge is 2.28. The zero-order valence-electron chi connectivity index (χ0n) is 29.3. The highest BCUT2D eigenvalue weighted by molar-refractivity contribution is 6.23. The van der Waals surface area contributed by atoms with E-state index in [-0.39, 0.29) is 6.17 Å². The summed E-state index contributed by atoms with van der Waals surface area (Å²) in [4.78, 5) is 10.8. The van der Waals surface area contributed by atoms with Gasteiger partial charge in [0.05, 0.1) is 27.6 Å². The van der Waals surface area contributed by atoms with Crippen molar-refractivity contribution < 1.29 is 5.32 Å². The largest absolute Gasteiger partial charge is 0.309 e. The molecule has 5 nitrogen and oxygen atoms in total. The number of para-hydroxylation sites is 2. The first-order valence-electron chi connectivity index (χ1n) is 18.5. The van der Waals surface area contributed by atoms with Gasteiger partial charge in [0, 0.05) is 38.2 Å². The monoisotopic (exact) mass is 692 g/mol. The van der Waals surface area contributed by atoms with Gasteiger partial charge < -0.3 is 4.57 Å². The maximum absolute atomic E-state index is 5.42. The van der Waals surface area contributed by atoms with E-state index in [1.54, 1.807) is 0 Å². The number of nitrogens with two attached hydrogens (primary N) is 1. The number of aromatic nitrogens is 2. The summed E-state index contributed by atoms with van der Waals surface area (Å²) >= 11 is 0. The molecular weight excluding hydrogens is 659 g/mol.